The van der Waals surface area contributed by atoms with Gasteiger partial charge in [-0.15, -0.1) is 0 Å². The Morgan fingerprint density at radius 3 is 2.50 bits per heavy atom. The van der Waals surface area contributed by atoms with E-state index in [1.54, 1.807) is 13.3 Å². The van der Waals surface area contributed by atoms with Gasteiger partial charge in [-0.25, -0.2) is 9.98 Å². The number of hydrogen-bond donors (Lipinski definition) is 3. The second-order valence-electron chi connectivity index (χ2n) is 10.9. The van der Waals surface area contributed by atoms with Crippen molar-refractivity contribution in [1.82, 2.24) is 14.9 Å². The molecule has 0 saturated carbocycles. The lowest BCUT2D eigenvalue weighted by Crippen LogP contribution is -2.44. The molecule has 46 heavy (non-hydrogen) atoms. The molecule has 0 atom stereocenters. The highest BCUT2D eigenvalue weighted by Gasteiger charge is 2.17. The number of ether oxygens (including phenoxy) is 1. The van der Waals surface area contributed by atoms with Crippen LogP contribution in [0.3, 0.4) is 0 Å². The molecule has 1 aliphatic heterocycles. The highest BCUT2D eigenvalue weighted by Crippen LogP contribution is 2.33. The third-order valence-corrected chi connectivity index (χ3v) is 7.62. The van der Waals surface area contributed by atoms with E-state index in [4.69, 9.17) is 14.5 Å². The number of amides is 1. The Morgan fingerprint density at radius 2 is 1.83 bits per heavy atom. The van der Waals surface area contributed by atoms with Gasteiger partial charge in [0.05, 0.1) is 19.0 Å². The number of aliphatic imine (C=N–C) groups is 1. The summed E-state index contributed by atoms with van der Waals surface area (Å²) in [5.74, 6) is 1.36. The molecule has 1 aromatic heterocycles. The number of aldehydes is 1. The molecule has 246 valence electrons. The Kier molecular flexibility index (Phi) is 15.2. The number of likely N-dealkylation sites (N-methyl/N-ethyl adjacent to an activating group) is 1. The lowest BCUT2D eigenvalue weighted by molar-refractivity contribution is -0.105. The number of aromatic nitrogens is 2. The summed E-state index contributed by atoms with van der Waals surface area (Å²) in [5, 5.41) is 9.17. The minimum atomic E-state index is 0.335. The SMILES string of the molecule is C=CC=O.CCCCCCCC(=Nc1cnc(Nc2ccc(N3CCN(C)CC3)cc2OC)nc1NC=O)c1cccc(NC)c1. The van der Waals surface area contributed by atoms with Crippen molar-refractivity contribution in [2.75, 3.05) is 68.2 Å². The van der Waals surface area contributed by atoms with E-state index < -0.39 is 0 Å². The molecule has 11 nitrogen and oxygen atoms in total. The van der Waals surface area contributed by atoms with Crippen molar-refractivity contribution in [3.63, 3.8) is 0 Å². The average molecular weight is 629 g/mol. The quantitative estimate of drug-likeness (QED) is 0.0711. The van der Waals surface area contributed by atoms with E-state index >= 15 is 0 Å². The number of carbonyl (C=O) groups is 2. The third-order valence-electron chi connectivity index (χ3n) is 7.62. The van der Waals surface area contributed by atoms with Crippen molar-refractivity contribution in [1.29, 1.82) is 0 Å². The fourth-order valence-electron chi connectivity index (χ4n) is 5.00. The third kappa shape index (κ3) is 11.0. The van der Waals surface area contributed by atoms with Crippen LogP contribution in [-0.4, -0.2) is 80.7 Å². The average Bonchev–Trinajstić information content (AvgIpc) is 3.09. The zero-order valence-corrected chi connectivity index (χ0v) is 27.6. The lowest BCUT2D eigenvalue weighted by Gasteiger charge is -2.34. The summed E-state index contributed by atoms with van der Waals surface area (Å²) in [7, 11) is 5.70. The van der Waals surface area contributed by atoms with Gasteiger partial charge in [-0.1, -0.05) is 51.3 Å². The minimum Gasteiger partial charge on any atom is -0.494 e. The van der Waals surface area contributed by atoms with Crippen LogP contribution in [0.5, 0.6) is 5.75 Å². The maximum atomic E-state index is 11.5. The number of nitrogens with one attached hydrogen (secondary N) is 3. The molecule has 4 rings (SSSR count). The molecule has 1 aliphatic rings. The molecule has 1 saturated heterocycles. The summed E-state index contributed by atoms with van der Waals surface area (Å²) < 4.78 is 5.70. The van der Waals surface area contributed by atoms with Crippen molar-refractivity contribution in [2.24, 2.45) is 4.99 Å². The van der Waals surface area contributed by atoms with Crippen LogP contribution in [0, 0.1) is 0 Å². The van der Waals surface area contributed by atoms with Crippen LogP contribution in [0.1, 0.15) is 51.0 Å². The van der Waals surface area contributed by atoms with Gasteiger partial charge in [0, 0.05) is 56.4 Å². The van der Waals surface area contributed by atoms with E-state index in [1.807, 2.05) is 31.3 Å². The van der Waals surface area contributed by atoms with Crippen LogP contribution in [0.4, 0.5) is 34.5 Å². The van der Waals surface area contributed by atoms with Gasteiger partial charge in [-0.3, -0.25) is 9.59 Å². The van der Waals surface area contributed by atoms with Crippen LogP contribution in [0.15, 0.2) is 66.3 Å². The van der Waals surface area contributed by atoms with Gasteiger partial charge in [-0.05, 0) is 55.8 Å². The standard InChI is InChI=1S/C32H44N8O2.C3H4O/c1-5-6-7-8-9-13-27(24-11-10-12-25(20-24)33-2)36-29-22-34-32(38-31(29)35-23-41)37-28-15-14-26(21-30(28)42-4)40-18-16-39(3)17-19-40;1-2-3-4/h10-12,14-15,20-23,33H,5-9,13,16-19H2,1-4H3,(H2,34,35,37,38,41);2-3H,1H2. The molecule has 0 radical (unpaired) electrons. The molecule has 0 spiro atoms. The van der Waals surface area contributed by atoms with E-state index in [9.17, 15) is 4.79 Å². The molecule has 3 N–H and O–H groups in total. The summed E-state index contributed by atoms with van der Waals surface area (Å²) >= 11 is 0. The maximum absolute atomic E-state index is 11.5. The predicted octanol–water partition coefficient (Wildman–Crippen LogP) is 6.44. The first-order chi connectivity index (χ1) is 22.5. The molecule has 0 bridgehead atoms. The highest BCUT2D eigenvalue weighted by atomic mass is 16.5. The van der Waals surface area contributed by atoms with Gasteiger partial charge in [0.15, 0.2) is 5.82 Å². The number of allylic oxidation sites excluding steroid dienone is 1. The van der Waals surface area contributed by atoms with Crippen molar-refractivity contribution in [3.8, 4) is 5.75 Å². The number of nitrogens with zero attached hydrogens (tertiary/aromatic N) is 5. The molecule has 1 fully saturated rings. The maximum Gasteiger partial charge on any atom is 0.229 e. The number of rotatable bonds is 16. The van der Waals surface area contributed by atoms with Crippen LogP contribution >= 0.6 is 0 Å². The number of piperazine rings is 1. The smallest absolute Gasteiger partial charge is 0.229 e. The molecule has 2 heterocycles. The zero-order chi connectivity index (χ0) is 33.1. The molecular formula is C35H48N8O3. The van der Waals surface area contributed by atoms with E-state index in [0.717, 1.165) is 73.8 Å². The topological polar surface area (TPSA) is 124 Å². The van der Waals surface area contributed by atoms with Crippen molar-refractivity contribution in [3.05, 3.63) is 66.9 Å². The zero-order valence-electron chi connectivity index (χ0n) is 27.6. The largest absolute Gasteiger partial charge is 0.494 e. The number of hydrogen-bond acceptors (Lipinski definition) is 10. The van der Waals surface area contributed by atoms with Gasteiger partial charge in [0.25, 0.3) is 0 Å². The number of anilines is 5. The Bertz CT molecular complexity index is 1430. The van der Waals surface area contributed by atoms with Crippen LogP contribution < -0.4 is 25.6 Å². The molecule has 3 aromatic rings. The summed E-state index contributed by atoms with van der Waals surface area (Å²) in [6.45, 7) is 9.32. The highest BCUT2D eigenvalue weighted by molar-refractivity contribution is 6.03. The van der Waals surface area contributed by atoms with Crippen LogP contribution in [0.25, 0.3) is 0 Å². The predicted molar refractivity (Wildman–Crippen MR) is 190 cm³/mol. The molecule has 0 unspecified atom stereocenters. The summed E-state index contributed by atoms with van der Waals surface area (Å²) in [6.07, 6.45) is 10.7. The van der Waals surface area contributed by atoms with Crippen molar-refractivity contribution >= 4 is 52.9 Å². The Morgan fingerprint density at radius 1 is 1.07 bits per heavy atom. The normalized spacial score (nSPS) is 13.2. The fourth-order valence-corrected chi connectivity index (χ4v) is 5.00. The van der Waals surface area contributed by atoms with Gasteiger partial charge >= 0.3 is 0 Å². The Hall–Kier alpha value is -4.77. The molecule has 11 heteroatoms. The van der Waals surface area contributed by atoms with Gasteiger partial charge < -0.3 is 30.5 Å². The molecule has 0 aliphatic carbocycles. The van der Waals surface area contributed by atoms with Gasteiger partial charge in [-0.2, -0.15) is 4.98 Å². The monoisotopic (exact) mass is 628 g/mol. The summed E-state index contributed by atoms with van der Waals surface area (Å²) in [5.41, 5.74) is 5.33. The van der Waals surface area contributed by atoms with Crippen LogP contribution in [0.2, 0.25) is 0 Å². The molecule has 1 amide bonds. The lowest BCUT2D eigenvalue weighted by atomic mass is 10.0. The first-order valence-electron chi connectivity index (χ1n) is 15.8. The van der Waals surface area contributed by atoms with Crippen LogP contribution in [-0.2, 0) is 9.59 Å². The van der Waals surface area contributed by atoms with E-state index in [0.29, 0.717) is 35.9 Å². The van der Waals surface area contributed by atoms with Crippen molar-refractivity contribution < 1.29 is 14.3 Å². The molecular weight excluding hydrogens is 580 g/mol. The van der Waals surface area contributed by atoms with E-state index in [1.165, 1.54) is 25.3 Å². The second-order valence-corrected chi connectivity index (χ2v) is 10.9. The number of carbonyl (C=O) groups excluding carboxylic acids is 2. The van der Waals surface area contributed by atoms with Crippen molar-refractivity contribution in [2.45, 2.75) is 45.4 Å². The van der Waals surface area contributed by atoms with Gasteiger partial charge in [0.1, 0.15) is 17.7 Å². The van der Waals surface area contributed by atoms with E-state index in [-0.39, 0.29) is 0 Å². The summed E-state index contributed by atoms with van der Waals surface area (Å²) in [4.78, 5) is 39.4. The van der Waals surface area contributed by atoms with E-state index in [2.05, 4.69) is 74.5 Å². The Balaban J connectivity index is 0.00000136. The fraction of sp³-hybridized carbons (Fsp3) is 0.400. The van der Waals surface area contributed by atoms with Gasteiger partial charge in [0.2, 0.25) is 12.4 Å². The first-order valence-corrected chi connectivity index (χ1v) is 15.8. The minimum absolute atomic E-state index is 0.335. The number of methoxy groups -OCH3 is 1. The second kappa shape index (κ2) is 19.6. The summed E-state index contributed by atoms with van der Waals surface area (Å²) in [6, 6.07) is 14.3. The Labute approximate surface area is 273 Å². The number of unbranched alkanes of at least 4 members (excludes halogenated alkanes) is 4. The number of benzene rings is 2. The molecule has 2 aromatic carbocycles. The first kappa shape index (κ1) is 35.7.